The molecule has 1 aromatic rings. The summed E-state index contributed by atoms with van der Waals surface area (Å²) in [5, 5.41) is 3.34. The second-order valence-electron chi connectivity index (χ2n) is 11.1. The predicted molar refractivity (Wildman–Crippen MR) is 124 cm³/mol. The number of morpholine rings is 1. The molecule has 3 atom stereocenters. The zero-order valence-electron chi connectivity index (χ0n) is 19.8. The molecule has 0 aromatic heterocycles. The van der Waals surface area contributed by atoms with E-state index in [1.165, 1.54) is 5.56 Å². The summed E-state index contributed by atoms with van der Waals surface area (Å²) in [4.78, 5) is 27.6. The number of benzene rings is 1. The van der Waals surface area contributed by atoms with Crippen LogP contribution in [0.2, 0.25) is 0 Å². The SMILES string of the molecule is CC(C)Oc1ccc(CN2CCO[C@@H](C(=O)NC3C4CC5CC3CC(C(N)=O)(C5)C4)C2)cc1. The number of nitrogens with two attached hydrogens (primary N) is 1. The number of carbonyl (C=O) groups is 2. The van der Waals surface area contributed by atoms with Crippen LogP contribution in [0.3, 0.4) is 0 Å². The van der Waals surface area contributed by atoms with E-state index in [1.54, 1.807) is 0 Å². The van der Waals surface area contributed by atoms with Crippen molar-refractivity contribution in [3.05, 3.63) is 29.8 Å². The molecule has 5 aliphatic rings. The number of carbonyl (C=O) groups excluding carboxylic acids is 2. The number of ether oxygens (including phenoxy) is 2. The molecule has 7 heteroatoms. The molecule has 4 bridgehead atoms. The van der Waals surface area contributed by atoms with Gasteiger partial charge in [-0.15, -0.1) is 0 Å². The molecule has 5 fully saturated rings. The zero-order valence-corrected chi connectivity index (χ0v) is 19.8. The Balaban J connectivity index is 1.17. The van der Waals surface area contributed by atoms with Gasteiger partial charge in [-0.3, -0.25) is 14.5 Å². The van der Waals surface area contributed by atoms with E-state index in [-0.39, 0.29) is 29.4 Å². The van der Waals surface area contributed by atoms with Crippen LogP contribution in [0.15, 0.2) is 24.3 Å². The summed E-state index contributed by atoms with van der Waals surface area (Å²) < 4.78 is 11.6. The lowest BCUT2D eigenvalue weighted by molar-refractivity contribution is -0.151. The predicted octanol–water partition coefficient (Wildman–Crippen LogP) is 2.47. The first kappa shape index (κ1) is 22.7. The van der Waals surface area contributed by atoms with Crippen LogP contribution < -0.4 is 15.8 Å². The molecule has 33 heavy (non-hydrogen) atoms. The topological polar surface area (TPSA) is 93.9 Å². The highest BCUT2D eigenvalue weighted by molar-refractivity contribution is 5.83. The molecule has 2 amide bonds. The number of primary amides is 1. The molecule has 180 valence electrons. The Morgan fingerprint density at radius 2 is 1.88 bits per heavy atom. The first-order chi connectivity index (χ1) is 15.8. The Labute approximate surface area is 196 Å². The van der Waals surface area contributed by atoms with Crippen molar-refractivity contribution in [1.29, 1.82) is 0 Å². The van der Waals surface area contributed by atoms with Crippen LogP contribution in [0.4, 0.5) is 0 Å². The Hall–Kier alpha value is -2.12. The van der Waals surface area contributed by atoms with Gasteiger partial charge in [-0.2, -0.15) is 0 Å². The molecule has 1 aliphatic heterocycles. The first-order valence-corrected chi connectivity index (χ1v) is 12.5. The number of amides is 2. The molecule has 4 aliphatic carbocycles. The molecule has 1 saturated heterocycles. The second kappa shape index (κ2) is 8.91. The van der Waals surface area contributed by atoms with Gasteiger partial charge < -0.3 is 20.5 Å². The van der Waals surface area contributed by atoms with Crippen LogP contribution in [0.25, 0.3) is 0 Å². The van der Waals surface area contributed by atoms with Crippen LogP contribution in [-0.2, 0) is 20.9 Å². The highest BCUT2D eigenvalue weighted by Crippen LogP contribution is 2.59. The quantitative estimate of drug-likeness (QED) is 0.659. The maximum atomic E-state index is 13.2. The smallest absolute Gasteiger partial charge is 0.250 e. The van der Waals surface area contributed by atoms with E-state index in [4.69, 9.17) is 15.2 Å². The van der Waals surface area contributed by atoms with Crippen LogP contribution in [-0.4, -0.2) is 54.7 Å². The van der Waals surface area contributed by atoms with Crippen molar-refractivity contribution in [2.45, 2.75) is 70.7 Å². The van der Waals surface area contributed by atoms with Crippen molar-refractivity contribution >= 4 is 11.8 Å². The fraction of sp³-hybridized carbons (Fsp3) is 0.692. The summed E-state index contributed by atoms with van der Waals surface area (Å²) in [6.07, 6.45) is 4.51. The standard InChI is InChI=1S/C26H37N3O4/c1-16(2)33-21-5-3-17(4-6-21)14-29-7-8-32-22(15-29)24(30)28-23-19-9-18-10-20(23)13-26(11-18,12-19)25(27)31/h3-6,16,18-20,22-23H,7-15H2,1-2H3,(H2,27,31)(H,28,30)/t18?,19?,20?,22-,23?,26?/m1/s1. The maximum absolute atomic E-state index is 13.2. The number of rotatable bonds is 7. The third-order valence-corrected chi connectivity index (χ3v) is 8.25. The number of hydrogen-bond acceptors (Lipinski definition) is 5. The third-order valence-electron chi connectivity index (χ3n) is 8.25. The molecule has 7 nitrogen and oxygen atoms in total. The minimum absolute atomic E-state index is 0.00835. The first-order valence-electron chi connectivity index (χ1n) is 12.5. The number of hydrogen-bond donors (Lipinski definition) is 2. The van der Waals surface area contributed by atoms with E-state index in [1.807, 2.05) is 26.0 Å². The fourth-order valence-electron chi connectivity index (χ4n) is 7.03. The molecule has 0 radical (unpaired) electrons. The van der Waals surface area contributed by atoms with E-state index >= 15 is 0 Å². The monoisotopic (exact) mass is 455 g/mol. The summed E-state index contributed by atoms with van der Waals surface area (Å²) in [6.45, 7) is 6.78. The van der Waals surface area contributed by atoms with Crippen molar-refractivity contribution in [2.24, 2.45) is 28.9 Å². The van der Waals surface area contributed by atoms with Gasteiger partial charge in [0.25, 0.3) is 5.91 Å². The van der Waals surface area contributed by atoms with Crippen molar-refractivity contribution in [2.75, 3.05) is 19.7 Å². The fourth-order valence-corrected chi connectivity index (χ4v) is 7.03. The van der Waals surface area contributed by atoms with Crippen LogP contribution in [0, 0.1) is 23.2 Å². The lowest BCUT2D eigenvalue weighted by Gasteiger charge is -2.59. The molecular formula is C26H37N3O4. The molecular weight excluding hydrogens is 418 g/mol. The summed E-state index contributed by atoms with van der Waals surface area (Å²) in [5.74, 6) is 2.04. The Kier molecular flexibility index (Phi) is 6.12. The Bertz CT molecular complexity index is 870. The van der Waals surface area contributed by atoms with Gasteiger partial charge in [-0.25, -0.2) is 0 Å². The number of nitrogens with one attached hydrogen (secondary N) is 1. The Morgan fingerprint density at radius 3 is 2.52 bits per heavy atom. The molecule has 0 spiro atoms. The highest BCUT2D eigenvalue weighted by atomic mass is 16.5. The van der Waals surface area contributed by atoms with Gasteiger partial charge in [-0.05, 0) is 81.4 Å². The van der Waals surface area contributed by atoms with Crippen LogP contribution in [0.1, 0.15) is 51.5 Å². The molecule has 4 saturated carbocycles. The summed E-state index contributed by atoms with van der Waals surface area (Å²) in [6, 6.07) is 8.33. The van der Waals surface area contributed by atoms with E-state index in [0.717, 1.165) is 50.9 Å². The molecule has 2 unspecified atom stereocenters. The summed E-state index contributed by atoms with van der Waals surface area (Å²) in [5.41, 5.74) is 6.68. The largest absolute Gasteiger partial charge is 0.491 e. The highest BCUT2D eigenvalue weighted by Gasteiger charge is 2.58. The van der Waals surface area contributed by atoms with Crippen molar-refractivity contribution in [3.63, 3.8) is 0 Å². The van der Waals surface area contributed by atoms with E-state index < -0.39 is 6.10 Å². The van der Waals surface area contributed by atoms with Gasteiger partial charge >= 0.3 is 0 Å². The molecule has 1 heterocycles. The average Bonchev–Trinajstić information content (AvgIpc) is 2.77. The normalized spacial score (nSPS) is 35.5. The van der Waals surface area contributed by atoms with Crippen LogP contribution >= 0.6 is 0 Å². The minimum Gasteiger partial charge on any atom is -0.491 e. The van der Waals surface area contributed by atoms with Gasteiger partial charge in [0, 0.05) is 31.1 Å². The lowest BCUT2D eigenvalue weighted by Crippen LogP contribution is -2.63. The van der Waals surface area contributed by atoms with Gasteiger partial charge in [0.2, 0.25) is 5.91 Å². The van der Waals surface area contributed by atoms with Crippen molar-refractivity contribution < 1.29 is 19.1 Å². The van der Waals surface area contributed by atoms with Crippen LogP contribution in [0.5, 0.6) is 5.75 Å². The van der Waals surface area contributed by atoms with Gasteiger partial charge in [0.15, 0.2) is 0 Å². The lowest BCUT2D eigenvalue weighted by atomic mass is 9.47. The average molecular weight is 456 g/mol. The van der Waals surface area contributed by atoms with Crippen molar-refractivity contribution in [3.8, 4) is 5.75 Å². The van der Waals surface area contributed by atoms with Gasteiger partial charge in [0.05, 0.1) is 12.7 Å². The molecule has 1 aromatic carbocycles. The van der Waals surface area contributed by atoms with E-state index in [0.29, 0.717) is 30.9 Å². The minimum atomic E-state index is -0.454. The number of nitrogens with zero attached hydrogens (tertiary/aromatic N) is 1. The summed E-state index contributed by atoms with van der Waals surface area (Å²) in [7, 11) is 0. The second-order valence-corrected chi connectivity index (χ2v) is 11.1. The van der Waals surface area contributed by atoms with E-state index in [9.17, 15) is 9.59 Å². The summed E-state index contributed by atoms with van der Waals surface area (Å²) >= 11 is 0. The molecule has 6 rings (SSSR count). The zero-order chi connectivity index (χ0) is 23.2. The van der Waals surface area contributed by atoms with Crippen molar-refractivity contribution in [1.82, 2.24) is 10.2 Å². The van der Waals surface area contributed by atoms with Gasteiger partial charge in [0.1, 0.15) is 11.9 Å². The molecule has 3 N–H and O–H groups in total. The Morgan fingerprint density at radius 1 is 1.18 bits per heavy atom. The van der Waals surface area contributed by atoms with E-state index in [2.05, 4.69) is 22.3 Å². The maximum Gasteiger partial charge on any atom is 0.250 e. The van der Waals surface area contributed by atoms with Gasteiger partial charge in [-0.1, -0.05) is 12.1 Å². The third kappa shape index (κ3) is 4.62.